The summed E-state index contributed by atoms with van der Waals surface area (Å²) < 4.78 is 36.0. The summed E-state index contributed by atoms with van der Waals surface area (Å²) in [6.07, 6.45) is -1.13. The number of nitrogens with zero attached hydrogens (tertiary/aromatic N) is 2. The Labute approximate surface area is 185 Å². The molecule has 2 aromatic heterocycles. The summed E-state index contributed by atoms with van der Waals surface area (Å²) in [6.45, 7) is 1.98. The lowest BCUT2D eigenvalue weighted by Gasteiger charge is -2.13. The number of carbonyl (C=O) groups excluding carboxylic acids is 2. The molecule has 11 heteroatoms. The van der Waals surface area contributed by atoms with Crippen LogP contribution in [-0.4, -0.2) is 34.0 Å². The highest BCUT2D eigenvalue weighted by Gasteiger charge is 2.26. The second kappa shape index (κ2) is 9.27. The fourth-order valence-electron chi connectivity index (χ4n) is 3.21. The van der Waals surface area contributed by atoms with E-state index < -0.39 is 29.4 Å². The van der Waals surface area contributed by atoms with Gasteiger partial charge in [-0.3, -0.25) is 14.9 Å². The molecule has 2 heterocycles. The molecular formula is C21H18F2N2O6S. The molecule has 0 spiro atoms. The number of aromatic nitrogens is 1. The van der Waals surface area contributed by atoms with Gasteiger partial charge in [-0.25, -0.2) is 4.79 Å². The molecule has 0 N–H and O–H groups in total. The fourth-order valence-corrected chi connectivity index (χ4v) is 3.92. The highest BCUT2D eigenvalue weighted by molar-refractivity contribution is 7.17. The standard InChI is InChI=1S/C21H18F2N2O6S/c1-11-10-16(12(2)24(11)14-4-6-15(7-5-14)31-21(22)23)19(26)13(3)30-20(27)17-8-9-18(32-17)25(28)29/h4-10,13,21H,1-3H3/t13-/m1/s1. The van der Waals surface area contributed by atoms with E-state index in [1.165, 1.54) is 31.2 Å². The number of aryl methyl sites for hydroxylation is 1. The van der Waals surface area contributed by atoms with Crippen LogP contribution in [-0.2, 0) is 4.74 Å². The first-order valence-electron chi connectivity index (χ1n) is 9.32. The number of ketones is 1. The molecule has 3 aromatic rings. The predicted octanol–water partition coefficient (Wildman–Crippen LogP) is 5.09. The molecule has 0 aliphatic heterocycles. The second-order valence-corrected chi connectivity index (χ2v) is 7.86. The summed E-state index contributed by atoms with van der Waals surface area (Å²) in [5.41, 5.74) is 2.24. The fraction of sp³-hybridized carbons (Fsp3) is 0.238. The van der Waals surface area contributed by atoms with Crippen molar-refractivity contribution in [1.29, 1.82) is 0 Å². The van der Waals surface area contributed by atoms with Crippen LogP contribution in [0.5, 0.6) is 5.75 Å². The number of alkyl halides is 2. The van der Waals surface area contributed by atoms with Gasteiger partial charge in [0.05, 0.1) is 4.92 Å². The van der Waals surface area contributed by atoms with Crippen molar-refractivity contribution in [2.75, 3.05) is 0 Å². The number of ether oxygens (including phenoxy) is 2. The third-order valence-corrected chi connectivity index (χ3v) is 5.66. The quantitative estimate of drug-likeness (QED) is 0.199. The number of carbonyl (C=O) groups is 2. The van der Waals surface area contributed by atoms with Gasteiger partial charge in [-0.05, 0) is 57.2 Å². The van der Waals surface area contributed by atoms with Crippen molar-refractivity contribution in [3.63, 3.8) is 0 Å². The third-order valence-electron chi connectivity index (χ3n) is 4.64. The van der Waals surface area contributed by atoms with E-state index in [0.29, 0.717) is 34.0 Å². The lowest BCUT2D eigenvalue weighted by Crippen LogP contribution is -2.24. The van der Waals surface area contributed by atoms with E-state index in [1.807, 2.05) is 0 Å². The molecule has 0 saturated carbocycles. The minimum atomic E-state index is -2.93. The van der Waals surface area contributed by atoms with E-state index in [4.69, 9.17) is 4.74 Å². The van der Waals surface area contributed by atoms with Crippen LogP contribution in [0.25, 0.3) is 5.69 Å². The van der Waals surface area contributed by atoms with E-state index in [2.05, 4.69) is 4.74 Å². The number of benzene rings is 1. The second-order valence-electron chi connectivity index (χ2n) is 6.80. The minimum Gasteiger partial charge on any atom is -0.450 e. The highest BCUT2D eigenvalue weighted by atomic mass is 32.1. The average molecular weight is 464 g/mol. The Morgan fingerprint density at radius 3 is 2.34 bits per heavy atom. The summed E-state index contributed by atoms with van der Waals surface area (Å²) in [6, 6.07) is 10.1. The third kappa shape index (κ3) is 4.83. The van der Waals surface area contributed by atoms with Crippen molar-refractivity contribution < 1.29 is 32.8 Å². The van der Waals surface area contributed by atoms with Crippen molar-refractivity contribution in [2.45, 2.75) is 33.5 Å². The highest BCUT2D eigenvalue weighted by Crippen LogP contribution is 2.27. The molecule has 8 nitrogen and oxygen atoms in total. The van der Waals surface area contributed by atoms with E-state index >= 15 is 0 Å². The Morgan fingerprint density at radius 1 is 1.12 bits per heavy atom. The Kier molecular flexibility index (Phi) is 6.68. The van der Waals surface area contributed by atoms with E-state index in [-0.39, 0.29) is 15.6 Å². The molecule has 1 aromatic carbocycles. The molecule has 0 saturated heterocycles. The number of nitro groups is 1. The zero-order chi connectivity index (χ0) is 23.6. The van der Waals surface area contributed by atoms with Crippen LogP contribution in [0.3, 0.4) is 0 Å². The van der Waals surface area contributed by atoms with Gasteiger partial charge in [0.1, 0.15) is 10.6 Å². The number of thiophene rings is 1. The topological polar surface area (TPSA) is 101 Å². The molecule has 0 radical (unpaired) electrons. The maximum Gasteiger partial charge on any atom is 0.387 e. The van der Waals surface area contributed by atoms with E-state index in [9.17, 15) is 28.5 Å². The Bertz CT molecular complexity index is 1170. The smallest absolute Gasteiger partial charge is 0.387 e. The van der Waals surface area contributed by atoms with Crippen molar-refractivity contribution in [3.05, 3.63) is 74.4 Å². The lowest BCUT2D eigenvalue weighted by molar-refractivity contribution is -0.380. The van der Waals surface area contributed by atoms with Gasteiger partial charge in [0, 0.05) is 28.7 Å². The first-order valence-corrected chi connectivity index (χ1v) is 10.1. The predicted molar refractivity (Wildman–Crippen MR) is 112 cm³/mol. The van der Waals surface area contributed by atoms with Crippen molar-refractivity contribution >= 4 is 28.1 Å². The summed E-state index contributed by atoms with van der Waals surface area (Å²) in [4.78, 5) is 35.4. The number of halogens is 2. The molecule has 0 amide bonds. The van der Waals surface area contributed by atoms with Crippen molar-refractivity contribution in [1.82, 2.24) is 4.57 Å². The molecule has 3 rings (SSSR count). The Balaban J connectivity index is 1.78. The number of esters is 1. The zero-order valence-electron chi connectivity index (χ0n) is 17.2. The molecule has 0 aliphatic rings. The van der Waals surface area contributed by atoms with Gasteiger partial charge in [0.2, 0.25) is 5.78 Å². The van der Waals surface area contributed by atoms with Crippen LogP contribution in [0.1, 0.15) is 38.3 Å². The van der Waals surface area contributed by atoms with E-state index in [0.717, 1.165) is 0 Å². The van der Waals surface area contributed by atoms with Gasteiger partial charge in [-0.15, -0.1) is 0 Å². The van der Waals surface area contributed by atoms with Crippen LogP contribution < -0.4 is 4.74 Å². The monoisotopic (exact) mass is 464 g/mol. The van der Waals surface area contributed by atoms with Gasteiger partial charge >= 0.3 is 17.6 Å². The molecule has 0 unspecified atom stereocenters. The van der Waals surface area contributed by atoms with Gasteiger partial charge in [0.15, 0.2) is 6.10 Å². The van der Waals surface area contributed by atoms with Gasteiger partial charge in [-0.1, -0.05) is 11.3 Å². The maximum absolute atomic E-state index is 12.9. The molecule has 168 valence electrons. The number of hydrogen-bond donors (Lipinski definition) is 0. The first kappa shape index (κ1) is 23.1. The maximum atomic E-state index is 12.9. The first-order chi connectivity index (χ1) is 15.1. The Hall–Kier alpha value is -3.60. The summed E-state index contributed by atoms with van der Waals surface area (Å²) in [5.74, 6) is -1.26. The van der Waals surface area contributed by atoms with Gasteiger partial charge in [0.25, 0.3) is 0 Å². The molecular weight excluding hydrogens is 446 g/mol. The number of hydrogen-bond acceptors (Lipinski definition) is 7. The SMILES string of the molecule is Cc1cc(C(=O)[C@@H](C)OC(=O)c2ccc([N+](=O)[O-])s2)c(C)n1-c1ccc(OC(F)F)cc1. The molecule has 32 heavy (non-hydrogen) atoms. The normalized spacial score (nSPS) is 11.9. The average Bonchev–Trinajstić information content (AvgIpc) is 3.33. The lowest BCUT2D eigenvalue weighted by atomic mass is 10.1. The summed E-state index contributed by atoms with van der Waals surface area (Å²) >= 11 is 0.664. The largest absolute Gasteiger partial charge is 0.450 e. The summed E-state index contributed by atoms with van der Waals surface area (Å²) in [5, 5.41) is 10.6. The minimum absolute atomic E-state index is 0.0110. The van der Waals surface area contributed by atoms with Crippen molar-refractivity contribution in [2.24, 2.45) is 0 Å². The number of Topliss-reactive ketones (excluding diaryl/α,β-unsaturated/α-hetero) is 1. The van der Waals surface area contributed by atoms with Gasteiger partial charge < -0.3 is 14.0 Å². The van der Waals surface area contributed by atoms with E-state index in [1.54, 1.807) is 36.6 Å². The van der Waals surface area contributed by atoms with Crippen LogP contribution >= 0.6 is 11.3 Å². The van der Waals surface area contributed by atoms with Crippen LogP contribution in [0.15, 0.2) is 42.5 Å². The molecule has 0 aliphatic carbocycles. The molecule has 0 bridgehead atoms. The number of rotatable bonds is 8. The van der Waals surface area contributed by atoms with Crippen LogP contribution in [0.2, 0.25) is 0 Å². The van der Waals surface area contributed by atoms with Gasteiger partial charge in [-0.2, -0.15) is 8.78 Å². The molecule has 0 fully saturated rings. The van der Waals surface area contributed by atoms with Crippen LogP contribution in [0.4, 0.5) is 13.8 Å². The molecule has 1 atom stereocenters. The Morgan fingerprint density at radius 2 is 1.78 bits per heavy atom. The van der Waals surface area contributed by atoms with Crippen LogP contribution in [0, 0.1) is 24.0 Å². The summed E-state index contributed by atoms with van der Waals surface area (Å²) in [7, 11) is 0. The zero-order valence-corrected chi connectivity index (χ0v) is 18.0. The van der Waals surface area contributed by atoms with Crippen molar-refractivity contribution in [3.8, 4) is 11.4 Å².